The van der Waals surface area contributed by atoms with Crippen molar-refractivity contribution < 1.29 is 18.7 Å². The van der Waals surface area contributed by atoms with Gasteiger partial charge in [-0.05, 0) is 68.5 Å². The zero-order valence-corrected chi connectivity index (χ0v) is 18.7. The number of anilines is 1. The number of carbonyl (C=O) groups is 2. The second-order valence-corrected chi connectivity index (χ2v) is 8.41. The number of fused-ring (bicyclic) bond motifs is 2. The molecular weight excluding hydrogens is 418 g/mol. The van der Waals surface area contributed by atoms with Gasteiger partial charge in [0, 0.05) is 10.9 Å². The third-order valence-electron chi connectivity index (χ3n) is 6.12. The van der Waals surface area contributed by atoms with E-state index >= 15 is 0 Å². The topological polar surface area (TPSA) is 86.4 Å². The summed E-state index contributed by atoms with van der Waals surface area (Å²) in [7, 11) is 0. The van der Waals surface area contributed by atoms with Crippen LogP contribution in [0.4, 0.5) is 5.69 Å². The molecule has 5 rings (SSSR count). The molecule has 2 heterocycles. The fourth-order valence-corrected chi connectivity index (χ4v) is 4.46. The van der Waals surface area contributed by atoms with Crippen molar-refractivity contribution >= 4 is 28.5 Å². The molecule has 33 heavy (non-hydrogen) atoms. The van der Waals surface area contributed by atoms with E-state index in [1.807, 2.05) is 44.2 Å². The molecule has 7 nitrogen and oxygen atoms in total. The minimum Gasteiger partial charge on any atom is -0.464 e. The number of aryl methyl sites for hydroxylation is 3. The second kappa shape index (κ2) is 8.58. The van der Waals surface area contributed by atoms with Crippen LogP contribution in [0.3, 0.4) is 0 Å². The molecule has 0 aliphatic heterocycles. The molecule has 0 spiro atoms. The fourth-order valence-electron chi connectivity index (χ4n) is 4.46. The Hall–Kier alpha value is -3.87. The van der Waals surface area contributed by atoms with E-state index in [1.54, 1.807) is 10.9 Å². The van der Waals surface area contributed by atoms with Crippen LogP contribution in [-0.4, -0.2) is 28.3 Å². The molecule has 4 aromatic rings. The van der Waals surface area contributed by atoms with Gasteiger partial charge in [-0.2, -0.15) is 5.10 Å². The zero-order valence-electron chi connectivity index (χ0n) is 18.7. The Morgan fingerprint density at radius 1 is 1.12 bits per heavy atom. The largest absolute Gasteiger partial charge is 0.464 e. The van der Waals surface area contributed by atoms with E-state index in [0.717, 1.165) is 47.2 Å². The zero-order chi connectivity index (χ0) is 22.9. The van der Waals surface area contributed by atoms with Crippen molar-refractivity contribution in [3.05, 3.63) is 76.8 Å². The second-order valence-electron chi connectivity index (χ2n) is 8.41. The normalized spacial score (nSPS) is 12.7. The quantitative estimate of drug-likeness (QED) is 0.445. The van der Waals surface area contributed by atoms with Crippen molar-refractivity contribution in [3.63, 3.8) is 0 Å². The van der Waals surface area contributed by atoms with E-state index in [2.05, 4.69) is 22.5 Å². The first-order chi connectivity index (χ1) is 16.0. The van der Waals surface area contributed by atoms with E-state index in [-0.39, 0.29) is 13.0 Å². The first-order valence-electron chi connectivity index (χ1n) is 11.1. The number of nitrogens with one attached hydrogen (secondary N) is 1. The van der Waals surface area contributed by atoms with E-state index in [0.29, 0.717) is 11.4 Å². The van der Waals surface area contributed by atoms with E-state index < -0.39 is 11.9 Å². The van der Waals surface area contributed by atoms with Crippen LogP contribution < -0.4 is 5.32 Å². The SMILES string of the molecule is Cc1nn(-c2ccccc2)c(C)c1NC(=O)COC(=O)Cc1coc2cc3c(cc12)CCC3. The summed E-state index contributed by atoms with van der Waals surface area (Å²) in [4.78, 5) is 24.9. The molecule has 7 heteroatoms. The number of furan rings is 1. The molecule has 0 radical (unpaired) electrons. The molecular formula is C26H25N3O4. The van der Waals surface area contributed by atoms with Crippen molar-refractivity contribution in [2.24, 2.45) is 0 Å². The molecule has 1 amide bonds. The van der Waals surface area contributed by atoms with Crippen LogP contribution in [0.5, 0.6) is 0 Å². The lowest BCUT2D eigenvalue weighted by Crippen LogP contribution is -2.22. The maximum absolute atomic E-state index is 12.5. The Morgan fingerprint density at radius 2 is 1.88 bits per heavy atom. The molecule has 2 aromatic carbocycles. The number of hydrogen-bond acceptors (Lipinski definition) is 5. The molecule has 0 saturated carbocycles. The number of para-hydroxylation sites is 1. The number of benzene rings is 2. The average molecular weight is 444 g/mol. The molecule has 0 bridgehead atoms. The smallest absolute Gasteiger partial charge is 0.310 e. The van der Waals surface area contributed by atoms with Crippen LogP contribution in [0.2, 0.25) is 0 Å². The summed E-state index contributed by atoms with van der Waals surface area (Å²) < 4.78 is 12.7. The Bertz CT molecular complexity index is 1350. The van der Waals surface area contributed by atoms with Crippen LogP contribution in [-0.2, 0) is 33.6 Å². The van der Waals surface area contributed by atoms with Crippen molar-refractivity contribution in [1.29, 1.82) is 0 Å². The molecule has 1 N–H and O–H groups in total. The van der Waals surface area contributed by atoms with Crippen molar-refractivity contribution in [3.8, 4) is 5.69 Å². The number of aromatic nitrogens is 2. The predicted molar refractivity (Wildman–Crippen MR) is 125 cm³/mol. The first-order valence-corrected chi connectivity index (χ1v) is 11.1. The van der Waals surface area contributed by atoms with Gasteiger partial charge in [0.15, 0.2) is 6.61 Å². The van der Waals surface area contributed by atoms with Gasteiger partial charge in [-0.1, -0.05) is 18.2 Å². The summed E-state index contributed by atoms with van der Waals surface area (Å²) in [6.07, 6.45) is 4.94. The summed E-state index contributed by atoms with van der Waals surface area (Å²) >= 11 is 0. The molecule has 0 atom stereocenters. The van der Waals surface area contributed by atoms with E-state index in [1.165, 1.54) is 11.1 Å². The Morgan fingerprint density at radius 3 is 2.67 bits per heavy atom. The van der Waals surface area contributed by atoms with Gasteiger partial charge in [-0.15, -0.1) is 0 Å². The van der Waals surface area contributed by atoms with Gasteiger partial charge in [-0.3, -0.25) is 9.59 Å². The molecule has 168 valence electrons. The number of amides is 1. The average Bonchev–Trinajstić information content (AvgIpc) is 3.51. The maximum atomic E-state index is 12.5. The summed E-state index contributed by atoms with van der Waals surface area (Å²) in [6, 6.07) is 13.9. The fraction of sp³-hybridized carbons (Fsp3) is 0.269. The number of carbonyl (C=O) groups excluding carboxylic acids is 2. The minimum atomic E-state index is -0.471. The number of nitrogens with zero attached hydrogens (tertiary/aromatic N) is 2. The van der Waals surface area contributed by atoms with Crippen molar-refractivity contribution in [1.82, 2.24) is 9.78 Å². The number of rotatable bonds is 6. The Balaban J connectivity index is 1.21. The van der Waals surface area contributed by atoms with Crippen LogP contribution in [0.1, 0.15) is 34.5 Å². The lowest BCUT2D eigenvalue weighted by molar-refractivity contribution is -0.146. The van der Waals surface area contributed by atoms with Gasteiger partial charge in [-0.25, -0.2) is 4.68 Å². The van der Waals surface area contributed by atoms with Crippen molar-refractivity contribution in [2.45, 2.75) is 39.5 Å². The summed E-state index contributed by atoms with van der Waals surface area (Å²) in [6.45, 7) is 3.35. The van der Waals surface area contributed by atoms with Crippen LogP contribution >= 0.6 is 0 Å². The van der Waals surface area contributed by atoms with Crippen molar-refractivity contribution in [2.75, 3.05) is 11.9 Å². The first kappa shape index (κ1) is 21.0. The summed E-state index contributed by atoms with van der Waals surface area (Å²) in [5, 5.41) is 8.28. The Labute approximate surface area is 191 Å². The van der Waals surface area contributed by atoms with Crippen LogP contribution in [0.15, 0.2) is 53.1 Å². The molecule has 2 aromatic heterocycles. The maximum Gasteiger partial charge on any atom is 0.310 e. The monoisotopic (exact) mass is 443 g/mol. The van der Waals surface area contributed by atoms with Gasteiger partial charge in [0.05, 0.1) is 35.4 Å². The van der Waals surface area contributed by atoms with Crippen LogP contribution in [0, 0.1) is 13.8 Å². The summed E-state index contributed by atoms with van der Waals surface area (Å²) in [5.41, 5.74) is 7.23. The highest BCUT2D eigenvalue weighted by molar-refractivity contribution is 5.94. The van der Waals surface area contributed by atoms with Gasteiger partial charge in [0.25, 0.3) is 5.91 Å². The highest BCUT2D eigenvalue weighted by atomic mass is 16.5. The highest BCUT2D eigenvalue weighted by Crippen LogP contribution is 2.30. The van der Waals surface area contributed by atoms with Gasteiger partial charge in [0.1, 0.15) is 5.58 Å². The van der Waals surface area contributed by atoms with Gasteiger partial charge >= 0.3 is 5.97 Å². The lowest BCUT2D eigenvalue weighted by atomic mass is 10.0. The molecule has 0 fully saturated rings. The predicted octanol–water partition coefficient (Wildman–Crippen LogP) is 4.45. The number of hydrogen-bond donors (Lipinski definition) is 1. The lowest BCUT2D eigenvalue weighted by Gasteiger charge is -2.08. The third-order valence-corrected chi connectivity index (χ3v) is 6.12. The standard InChI is InChI=1S/C26H25N3O4/c1-16-26(17(2)29(28-16)21-9-4-3-5-10-21)27-24(30)15-33-25(31)13-20-14-32-23-12-19-8-6-7-18(19)11-22(20)23/h3-5,9-12,14H,6-8,13,15H2,1-2H3,(H,27,30). The van der Waals surface area contributed by atoms with E-state index in [9.17, 15) is 9.59 Å². The molecule has 0 saturated heterocycles. The number of ether oxygens (including phenoxy) is 1. The van der Waals surface area contributed by atoms with Crippen LogP contribution in [0.25, 0.3) is 16.7 Å². The number of esters is 1. The van der Waals surface area contributed by atoms with E-state index in [4.69, 9.17) is 9.15 Å². The molecule has 1 aliphatic carbocycles. The molecule has 1 aliphatic rings. The third kappa shape index (κ3) is 4.14. The highest BCUT2D eigenvalue weighted by Gasteiger charge is 2.19. The molecule has 0 unspecified atom stereocenters. The van der Waals surface area contributed by atoms with Gasteiger partial charge < -0.3 is 14.5 Å². The minimum absolute atomic E-state index is 0.0586. The van der Waals surface area contributed by atoms with Gasteiger partial charge in [0.2, 0.25) is 0 Å². The Kier molecular flexibility index (Phi) is 5.46. The summed E-state index contributed by atoms with van der Waals surface area (Å²) in [5.74, 6) is -0.876.